The summed E-state index contributed by atoms with van der Waals surface area (Å²) in [5, 5.41) is 10.3. The van der Waals surface area contributed by atoms with E-state index >= 15 is 0 Å². The van der Waals surface area contributed by atoms with Gasteiger partial charge < -0.3 is 9.84 Å². The second-order valence-corrected chi connectivity index (χ2v) is 8.82. The highest BCUT2D eigenvalue weighted by Gasteiger charge is 2.18. The molecule has 0 saturated heterocycles. The van der Waals surface area contributed by atoms with Gasteiger partial charge >= 0.3 is 0 Å². The molecule has 0 atom stereocenters. The third-order valence-corrected chi connectivity index (χ3v) is 5.76. The van der Waals surface area contributed by atoms with Crippen molar-refractivity contribution < 1.29 is 22.8 Å². The summed E-state index contributed by atoms with van der Waals surface area (Å²) < 4.78 is 38.3. The highest BCUT2D eigenvalue weighted by Crippen LogP contribution is 2.37. The lowest BCUT2D eigenvalue weighted by Gasteiger charge is -2.14. The molecule has 0 bridgehead atoms. The number of phenolic OH excluding ortho intramolecular Hbond substituents is 1. The quantitative estimate of drug-likeness (QED) is 0.285. The molecule has 6 heteroatoms. The van der Waals surface area contributed by atoms with Crippen molar-refractivity contribution in [2.24, 2.45) is 0 Å². The second kappa shape index (κ2) is 11.8. The van der Waals surface area contributed by atoms with Crippen LogP contribution in [0.2, 0.25) is 0 Å². The molecular weight excluding hydrogens is 388 g/mol. The number of hydrogen-bond acceptors (Lipinski definition) is 4. The number of hydrogen-bond donors (Lipinski definition) is 2. The summed E-state index contributed by atoms with van der Waals surface area (Å²) in [6.07, 6.45) is 11.2. The Balaban J connectivity index is 2.00. The van der Waals surface area contributed by atoms with Gasteiger partial charge in [0.2, 0.25) is 0 Å². The van der Waals surface area contributed by atoms with Gasteiger partial charge in [0.25, 0.3) is 10.1 Å². The third-order valence-electron chi connectivity index (χ3n) is 4.93. The summed E-state index contributed by atoms with van der Waals surface area (Å²) in [6.45, 7) is 2.21. The first kappa shape index (κ1) is 23.2. The Morgan fingerprint density at radius 1 is 0.862 bits per heavy atom. The zero-order valence-electron chi connectivity index (χ0n) is 17.1. The van der Waals surface area contributed by atoms with Gasteiger partial charge in [0.05, 0.1) is 4.90 Å². The van der Waals surface area contributed by atoms with Crippen molar-refractivity contribution in [2.75, 3.05) is 0 Å². The van der Waals surface area contributed by atoms with Crippen molar-refractivity contribution in [1.82, 2.24) is 0 Å². The fourth-order valence-corrected chi connectivity index (χ4v) is 3.88. The number of rotatable bonds is 13. The summed E-state index contributed by atoms with van der Waals surface area (Å²) >= 11 is 0. The van der Waals surface area contributed by atoms with Gasteiger partial charge in [0.1, 0.15) is 5.75 Å². The maximum absolute atomic E-state index is 11.5. The van der Waals surface area contributed by atoms with Crippen molar-refractivity contribution in [3.8, 4) is 17.2 Å². The van der Waals surface area contributed by atoms with E-state index in [1.165, 1.54) is 44.6 Å². The highest BCUT2D eigenvalue weighted by atomic mass is 32.2. The van der Waals surface area contributed by atoms with Gasteiger partial charge in [-0.2, -0.15) is 8.42 Å². The number of aromatic hydroxyl groups is 1. The van der Waals surface area contributed by atoms with Crippen LogP contribution in [0.1, 0.15) is 70.3 Å². The van der Waals surface area contributed by atoms with Crippen molar-refractivity contribution in [2.45, 2.75) is 76.0 Å². The zero-order valence-corrected chi connectivity index (χ0v) is 18.0. The maximum Gasteiger partial charge on any atom is 0.294 e. The Hall–Kier alpha value is -2.05. The Morgan fingerprint density at radius 3 is 2.03 bits per heavy atom. The lowest BCUT2D eigenvalue weighted by atomic mass is 10.0. The second-order valence-electron chi connectivity index (χ2n) is 7.40. The molecular formula is C23H32O5S. The number of ether oxygens (including phenoxy) is 1. The molecule has 2 aromatic rings. The Kier molecular flexibility index (Phi) is 9.48. The molecule has 160 valence electrons. The smallest absolute Gasteiger partial charge is 0.294 e. The fourth-order valence-electron chi connectivity index (χ4n) is 3.33. The van der Waals surface area contributed by atoms with Gasteiger partial charge in [0, 0.05) is 11.6 Å². The van der Waals surface area contributed by atoms with Gasteiger partial charge in [-0.15, -0.1) is 0 Å². The Morgan fingerprint density at radius 2 is 1.45 bits per heavy atom. The first-order chi connectivity index (χ1) is 13.9. The normalized spacial score (nSPS) is 11.5. The first-order valence-corrected chi connectivity index (χ1v) is 11.9. The molecule has 0 aliphatic rings. The van der Waals surface area contributed by atoms with Crippen LogP contribution >= 0.6 is 0 Å². The van der Waals surface area contributed by atoms with Gasteiger partial charge in [0.15, 0.2) is 11.5 Å². The molecule has 0 spiro atoms. The first-order valence-electron chi connectivity index (χ1n) is 10.5. The predicted molar refractivity (Wildman–Crippen MR) is 115 cm³/mol. The van der Waals surface area contributed by atoms with E-state index in [1.54, 1.807) is 12.1 Å². The maximum atomic E-state index is 11.5. The van der Waals surface area contributed by atoms with Crippen LogP contribution < -0.4 is 4.74 Å². The summed E-state index contributed by atoms with van der Waals surface area (Å²) in [6, 6.07) is 11.4. The predicted octanol–water partition coefficient (Wildman–Crippen LogP) is 6.50. The van der Waals surface area contributed by atoms with Crippen LogP contribution in [0, 0.1) is 0 Å². The van der Waals surface area contributed by atoms with Gasteiger partial charge in [-0.25, -0.2) is 0 Å². The monoisotopic (exact) mass is 420 g/mol. The summed E-state index contributed by atoms with van der Waals surface area (Å²) in [5.74, 6) is 0.494. The van der Waals surface area contributed by atoms with E-state index in [1.807, 2.05) is 18.2 Å². The van der Waals surface area contributed by atoms with Crippen LogP contribution in [0.3, 0.4) is 0 Å². The van der Waals surface area contributed by atoms with E-state index in [-0.39, 0.29) is 16.4 Å². The molecule has 0 unspecified atom stereocenters. The van der Waals surface area contributed by atoms with E-state index in [9.17, 15) is 18.1 Å². The minimum absolute atomic E-state index is 0.239. The molecule has 0 heterocycles. The number of unbranched alkanes of at least 4 members (excludes halogenated alkanes) is 8. The van der Waals surface area contributed by atoms with Crippen LogP contribution in [0.5, 0.6) is 17.2 Å². The van der Waals surface area contributed by atoms with E-state index in [2.05, 4.69) is 6.92 Å². The Bertz CT molecular complexity index is 847. The molecule has 29 heavy (non-hydrogen) atoms. The molecule has 0 amide bonds. The highest BCUT2D eigenvalue weighted by molar-refractivity contribution is 7.85. The van der Waals surface area contributed by atoms with E-state index in [4.69, 9.17) is 4.74 Å². The zero-order chi connectivity index (χ0) is 21.1. The molecule has 2 aromatic carbocycles. The van der Waals surface area contributed by atoms with Crippen LogP contribution in [-0.2, 0) is 16.5 Å². The molecule has 0 fully saturated rings. The van der Waals surface area contributed by atoms with Gasteiger partial charge in [-0.05, 0) is 31.0 Å². The molecule has 0 radical (unpaired) electrons. The van der Waals surface area contributed by atoms with Crippen LogP contribution in [0.15, 0.2) is 47.4 Å². The molecule has 0 aliphatic carbocycles. The lowest BCUT2D eigenvalue weighted by Crippen LogP contribution is -2.01. The van der Waals surface area contributed by atoms with Crippen molar-refractivity contribution >= 4 is 10.1 Å². The lowest BCUT2D eigenvalue weighted by molar-refractivity contribution is 0.404. The van der Waals surface area contributed by atoms with E-state index < -0.39 is 10.1 Å². The topological polar surface area (TPSA) is 83.8 Å². The fraction of sp³-hybridized carbons (Fsp3) is 0.478. The summed E-state index contributed by atoms with van der Waals surface area (Å²) in [4.78, 5) is -0.318. The van der Waals surface area contributed by atoms with Crippen molar-refractivity contribution in [3.63, 3.8) is 0 Å². The number of benzene rings is 2. The molecule has 2 rings (SSSR count). The average molecular weight is 421 g/mol. The van der Waals surface area contributed by atoms with Gasteiger partial charge in [-0.3, -0.25) is 4.55 Å². The van der Waals surface area contributed by atoms with Crippen LogP contribution in [0.25, 0.3) is 0 Å². The molecule has 5 nitrogen and oxygen atoms in total. The number of aryl methyl sites for hydroxylation is 1. The third kappa shape index (κ3) is 8.07. The van der Waals surface area contributed by atoms with Crippen LogP contribution in [0.4, 0.5) is 0 Å². The van der Waals surface area contributed by atoms with E-state index in [0.717, 1.165) is 25.3 Å². The van der Waals surface area contributed by atoms with Gasteiger partial charge in [-0.1, -0.05) is 76.5 Å². The molecule has 0 aromatic heterocycles. The SMILES string of the molecule is CCCCCCCCCCCc1cc(S(=O)(=O)O)cc(O)c1Oc1ccccc1. The number of phenols is 1. The summed E-state index contributed by atoms with van der Waals surface area (Å²) in [7, 11) is -4.40. The largest absolute Gasteiger partial charge is 0.504 e. The minimum atomic E-state index is -4.40. The number of para-hydroxylation sites is 1. The van der Waals surface area contributed by atoms with Crippen LogP contribution in [-0.4, -0.2) is 18.1 Å². The average Bonchev–Trinajstić information content (AvgIpc) is 2.69. The molecule has 0 aliphatic heterocycles. The van der Waals surface area contributed by atoms with E-state index in [0.29, 0.717) is 17.7 Å². The summed E-state index contributed by atoms with van der Waals surface area (Å²) in [5.41, 5.74) is 0.574. The molecule has 2 N–H and O–H groups in total. The standard InChI is InChI=1S/C23H32O5S/c1-2-3-4-5-6-7-8-9-11-14-19-17-21(29(25,26)27)18-22(24)23(19)28-20-15-12-10-13-16-20/h10,12-13,15-18,24H,2-9,11,14H2,1H3,(H,25,26,27). The molecule has 0 saturated carbocycles. The minimum Gasteiger partial charge on any atom is -0.504 e. The Labute approximate surface area is 174 Å². The van der Waals surface area contributed by atoms with Crippen molar-refractivity contribution in [3.05, 3.63) is 48.0 Å². The van der Waals surface area contributed by atoms with Crippen molar-refractivity contribution in [1.29, 1.82) is 0 Å².